The molecule has 9 heteroatoms. The number of nitrogens with zero attached hydrogens (tertiary/aromatic N) is 5. The Kier molecular flexibility index (Phi) is 4.48. The summed E-state index contributed by atoms with van der Waals surface area (Å²) in [6, 6.07) is 11.9. The van der Waals surface area contributed by atoms with Crippen molar-refractivity contribution in [2.75, 3.05) is 12.4 Å². The number of aromatic nitrogens is 5. The summed E-state index contributed by atoms with van der Waals surface area (Å²) in [6.45, 7) is 0.268. The van der Waals surface area contributed by atoms with E-state index in [0.29, 0.717) is 28.9 Å². The van der Waals surface area contributed by atoms with Gasteiger partial charge in [-0.25, -0.2) is 14.1 Å². The number of ether oxygens (including phenoxy) is 1. The Morgan fingerprint density at radius 2 is 2.04 bits per heavy atom. The van der Waals surface area contributed by atoms with Gasteiger partial charge in [-0.05, 0) is 24.3 Å². The van der Waals surface area contributed by atoms with Gasteiger partial charge in [0.15, 0.2) is 11.6 Å². The molecule has 4 rings (SSSR count). The van der Waals surface area contributed by atoms with Crippen molar-refractivity contribution in [3.63, 3.8) is 0 Å². The lowest BCUT2D eigenvalue weighted by atomic mass is 10.2. The van der Waals surface area contributed by atoms with Gasteiger partial charge in [0.05, 0.1) is 19.2 Å². The van der Waals surface area contributed by atoms with Gasteiger partial charge in [-0.2, -0.15) is 0 Å². The Morgan fingerprint density at radius 1 is 1.15 bits per heavy atom. The minimum Gasteiger partial charge on any atom is -0.496 e. The molecule has 1 aromatic carbocycles. The summed E-state index contributed by atoms with van der Waals surface area (Å²) >= 11 is 0. The fourth-order valence-corrected chi connectivity index (χ4v) is 2.50. The first-order chi connectivity index (χ1) is 13.2. The smallest absolute Gasteiger partial charge is 0.251 e. The summed E-state index contributed by atoms with van der Waals surface area (Å²) in [5, 5.41) is 15.4. The molecule has 0 aliphatic rings. The molecular formula is C18H15FN6O2. The predicted molar refractivity (Wildman–Crippen MR) is 94.9 cm³/mol. The standard InChI is InChI=1S/C18H15FN6O2/c1-26-14-7-3-2-5-12(14)18-23-22-16(27-18)11-21-15-8-10-25(24-15)17-13(19)6-4-9-20-17/h2-10H,11H2,1H3,(H,21,24). The average molecular weight is 366 g/mol. The SMILES string of the molecule is COc1ccccc1-c1nnc(CNc2ccn(-c3ncccc3F)n2)o1. The van der Waals surface area contributed by atoms with Crippen molar-refractivity contribution in [2.24, 2.45) is 0 Å². The maximum absolute atomic E-state index is 13.8. The first kappa shape index (κ1) is 16.7. The number of para-hydroxylation sites is 1. The van der Waals surface area contributed by atoms with Crippen molar-refractivity contribution in [3.8, 4) is 23.0 Å². The second kappa shape index (κ2) is 7.24. The van der Waals surface area contributed by atoms with Gasteiger partial charge in [-0.15, -0.1) is 15.3 Å². The van der Waals surface area contributed by atoms with Gasteiger partial charge in [0.1, 0.15) is 11.6 Å². The van der Waals surface area contributed by atoms with Crippen LogP contribution in [0.2, 0.25) is 0 Å². The molecule has 0 bridgehead atoms. The van der Waals surface area contributed by atoms with Crippen LogP contribution in [-0.4, -0.2) is 32.1 Å². The fourth-order valence-electron chi connectivity index (χ4n) is 2.50. The van der Waals surface area contributed by atoms with Crippen molar-refractivity contribution in [1.82, 2.24) is 25.0 Å². The van der Waals surface area contributed by atoms with Crippen LogP contribution < -0.4 is 10.1 Å². The molecule has 3 aromatic heterocycles. The van der Waals surface area contributed by atoms with E-state index in [2.05, 4.69) is 25.6 Å². The number of pyridine rings is 1. The maximum atomic E-state index is 13.8. The molecule has 0 fully saturated rings. The molecule has 8 nitrogen and oxygen atoms in total. The quantitative estimate of drug-likeness (QED) is 0.561. The number of halogens is 1. The Labute approximate surface area is 153 Å². The Hall–Kier alpha value is -3.75. The van der Waals surface area contributed by atoms with Crippen molar-refractivity contribution in [3.05, 3.63) is 66.6 Å². The van der Waals surface area contributed by atoms with E-state index in [1.54, 1.807) is 19.4 Å². The van der Waals surface area contributed by atoms with E-state index in [1.807, 2.05) is 24.3 Å². The summed E-state index contributed by atoms with van der Waals surface area (Å²) in [7, 11) is 1.58. The normalized spacial score (nSPS) is 10.7. The van der Waals surface area contributed by atoms with Crippen LogP contribution in [0.25, 0.3) is 17.3 Å². The molecule has 4 aromatic rings. The minimum atomic E-state index is -0.453. The van der Waals surface area contributed by atoms with E-state index < -0.39 is 5.82 Å². The second-order valence-corrected chi connectivity index (χ2v) is 5.51. The van der Waals surface area contributed by atoms with Crippen molar-refractivity contribution >= 4 is 5.82 Å². The lowest BCUT2D eigenvalue weighted by Gasteiger charge is -2.03. The van der Waals surface area contributed by atoms with Gasteiger partial charge < -0.3 is 14.5 Å². The van der Waals surface area contributed by atoms with Crippen LogP contribution in [0.15, 0.2) is 59.3 Å². The van der Waals surface area contributed by atoms with E-state index >= 15 is 0 Å². The summed E-state index contributed by atoms with van der Waals surface area (Å²) in [5.41, 5.74) is 0.716. The predicted octanol–water partition coefficient (Wildman–Crippen LogP) is 3.08. The van der Waals surface area contributed by atoms with Crippen molar-refractivity contribution < 1.29 is 13.5 Å². The molecular weight excluding hydrogens is 351 g/mol. The van der Waals surface area contributed by atoms with Gasteiger partial charge in [-0.3, -0.25) is 0 Å². The molecule has 3 heterocycles. The average Bonchev–Trinajstić information content (AvgIpc) is 3.36. The van der Waals surface area contributed by atoms with E-state index in [4.69, 9.17) is 9.15 Å². The van der Waals surface area contributed by atoms with Gasteiger partial charge in [0, 0.05) is 18.5 Å². The summed E-state index contributed by atoms with van der Waals surface area (Å²) in [4.78, 5) is 3.98. The Morgan fingerprint density at radius 3 is 2.89 bits per heavy atom. The van der Waals surface area contributed by atoms with Crippen LogP contribution in [0.5, 0.6) is 5.75 Å². The third-order valence-corrected chi connectivity index (χ3v) is 3.77. The number of nitrogens with one attached hydrogen (secondary N) is 1. The maximum Gasteiger partial charge on any atom is 0.251 e. The number of rotatable bonds is 6. The second-order valence-electron chi connectivity index (χ2n) is 5.51. The van der Waals surface area contributed by atoms with E-state index in [1.165, 1.54) is 23.0 Å². The van der Waals surface area contributed by atoms with Crippen LogP contribution in [-0.2, 0) is 6.54 Å². The molecule has 136 valence electrons. The molecule has 27 heavy (non-hydrogen) atoms. The zero-order chi connectivity index (χ0) is 18.6. The molecule has 0 amide bonds. The fraction of sp³-hybridized carbons (Fsp3) is 0.111. The summed E-state index contributed by atoms with van der Waals surface area (Å²) < 4.78 is 26.1. The molecule has 0 saturated carbocycles. The first-order valence-electron chi connectivity index (χ1n) is 8.11. The molecule has 0 radical (unpaired) electrons. The van der Waals surface area contributed by atoms with E-state index in [0.717, 1.165) is 0 Å². The van der Waals surface area contributed by atoms with Crippen LogP contribution >= 0.6 is 0 Å². The van der Waals surface area contributed by atoms with Gasteiger partial charge >= 0.3 is 0 Å². The number of benzene rings is 1. The largest absolute Gasteiger partial charge is 0.496 e. The number of methoxy groups -OCH3 is 1. The molecule has 1 N–H and O–H groups in total. The molecule has 0 atom stereocenters. The third kappa shape index (κ3) is 3.47. The highest BCUT2D eigenvalue weighted by Gasteiger charge is 2.13. The topological polar surface area (TPSA) is 90.9 Å². The highest BCUT2D eigenvalue weighted by atomic mass is 19.1. The molecule has 0 saturated heterocycles. The summed E-state index contributed by atoms with van der Waals surface area (Å²) in [5.74, 6) is 1.60. The minimum absolute atomic E-state index is 0.127. The molecule has 0 unspecified atom stereocenters. The van der Waals surface area contributed by atoms with Gasteiger partial charge in [0.2, 0.25) is 5.89 Å². The van der Waals surface area contributed by atoms with Crippen molar-refractivity contribution in [1.29, 1.82) is 0 Å². The van der Waals surface area contributed by atoms with Crippen LogP contribution in [0.1, 0.15) is 5.89 Å². The first-order valence-corrected chi connectivity index (χ1v) is 8.11. The highest BCUT2D eigenvalue weighted by molar-refractivity contribution is 5.62. The third-order valence-electron chi connectivity index (χ3n) is 3.77. The number of anilines is 1. The highest BCUT2D eigenvalue weighted by Crippen LogP contribution is 2.28. The number of hydrogen-bond acceptors (Lipinski definition) is 7. The summed E-state index contributed by atoms with van der Waals surface area (Å²) in [6.07, 6.45) is 3.12. The van der Waals surface area contributed by atoms with Crippen molar-refractivity contribution in [2.45, 2.75) is 6.54 Å². The molecule has 0 spiro atoms. The monoisotopic (exact) mass is 366 g/mol. The lowest BCUT2D eigenvalue weighted by molar-refractivity contribution is 0.413. The van der Waals surface area contributed by atoms with Gasteiger partial charge in [-0.1, -0.05) is 12.1 Å². The van der Waals surface area contributed by atoms with E-state index in [9.17, 15) is 4.39 Å². The zero-order valence-electron chi connectivity index (χ0n) is 14.3. The van der Waals surface area contributed by atoms with E-state index in [-0.39, 0.29) is 12.4 Å². The van der Waals surface area contributed by atoms with Crippen LogP contribution in [0.3, 0.4) is 0 Å². The zero-order valence-corrected chi connectivity index (χ0v) is 14.3. The lowest BCUT2D eigenvalue weighted by Crippen LogP contribution is -2.04. The molecule has 0 aliphatic heterocycles. The van der Waals surface area contributed by atoms with Gasteiger partial charge in [0.25, 0.3) is 5.89 Å². The Bertz CT molecular complexity index is 1060. The van der Waals surface area contributed by atoms with Crippen LogP contribution in [0, 0.1) is 5.82 Å². The number of hydrogen-bond donors (Lipinski definition) is 1. The van der Waals surface area contributed by atoms with Crippen LogP contribution in [0.4, 0.5) is 10.2 Å². The Balaban J connectivity index is 1.46. The molecule has 0 aliphatic carbocycles.